The molecule has 0 amide bonds. The molecule has 0 saturated heterocycles. The first kappa shape index (κ1) is 7.67. The Morgan fingerprint density at radius 2 is 1.70 bits per heavy atom. The molecule has 0 aliphatic carbocycles. The van der Waals surface area contributed by atoms with Gasteiger partial charge in [0.2, 0.25) is 0 Å². The molecule has 0 aliphatic heterocycles. The van der Waals surface area contributed by atoms with Crippen LogP contribution < -0.4 is 5.30 Å². The minimum absolute atomic E-state index is 0.0720. The Kier molecular flexibility index (Phi) is 2.82. The van der Waals surface area contributed by atoms with Crippen LogP contribution in [0.15, 0.2) is 30.3 Å². The van der Waals surface area contributed by atoms with E-state index in [1.165, 1.54) is 0 Å². The van der Waals surface area contributed by atoms with Gasteiger partial charge in [0.15, 0.2) is 6.03 Å². The first-order valence-corrected chi connectivity index (χ1v) is 4.04. The van der Waals surface area contributed by atoms with Gasteiger partial charge in [0.1, 0.15) is 0 Å². The van der Waals surface area contributed by atoms with Gasteiger partial charge >= 0.3 is 0 Å². The summed E-state index contributed by atoms with van der Waals surface area (Å²) in [4.78, 5) is 0. The molecule has 0 fully saturated rings. The maximum Gasteiger partial charge on any atom is 0.171 e. The van der Waals surface area contributed by atoms with Gasteiger partial charge in [0.05, 0.1) is 0 Å². The van der Waals surface area contributed by atoms with Crippen molar-refractivity contribution in [1.82, 2.24) is 0 Å². The van der Waals surface area contributed by atoms with E-state index in [9.17, 15) is 0 Å². The highest BCUT2D eigenvalue weighted by atomic mass is 31.1. The summed E-state index contributed by atoms with van der Waals surface area (Å²) in [7, 11) is 0.0720. The van der Waals surface area contributed by atoms with Gasteiger partial charge in [-0.3, -0.25) is 0 Å². The van der Waals surface area contributed by atoms with E-state index in [1.807, 2.05) is 30.3 Å². The van der Waals surface area contributed by atoms with Crippen LogP contribution in [0.25, 0.3) is 0 Å². The third kappa shape index (κ3) is 2.44. The molecular formula is C7H9O2P. The lowest BCUT2D eigenvalue weighted by molar-refractivity contribution is 0.0381. The molecule has 1 rings (SSSR count). The van der Waals surface area contributed by atoms with Crippen LogP contribution in [-0.2, 0) is 0 Å². The van der Waals surface area contributed by atoms with Gasteiger partial charge in [0, 0.05) is 0 Å². The number of benzene rings is 1. The maximum atomic E-state index is 8.57. The summed E-state index contributed by atoms with van der Waals surface area (Å²) >= 11 is 0. The topological polar surface area (TPSA) is 40.5 Å². The molecule has 0 heterocycles. The highest BCUT2D eigenvalue weighted by Crippen LogP contribution is 2.12. The average Bonchev–Trinajstić information content (AvgIpc) is 1.88. The molecule has 0 aromatic heterocycles. The average molecular weight is 156 g/mol. The van der Waals surface area contributed by atoms with Crippen molar-refractivity contribution in [2.45, 2.75) is 6.03 Å². The lowest BCUT2D eigenvalue weighted by Gasteiger charge is -2.01. The Labute approximate surface area is 61.3 Å². The zero-order valence-corrected chi connectivity index (χ0v) is 6.36. The van der Waals surface area contributed by atoms with Crippen molar-refractivity contribution in [3.05, 3.63) is 30.3 Å². The standard InChI is InChI=1S/C7H9O2P/c8-7(9)10-6-4-2-1-3-5-6/h1-5,7-10H. The van der Waals surface area contributed by atoms with Gasteiger partial charge in [-0.2, -0.15) is 0 Å². The molecule has 0 bridgehead atoms. The Morgan fingerprint density at radius 1 is 1.10 bits per heavy atom. The smallest absolute Gasteiger partial charge is 0.171 e. The monoisotopic (exact) mass is 156 g/mol. The molecule has 1 atom stereocenters. The third-order valence-corrected chi connectivity index (χ3v) is 1.99. The minimum atomic E-state index is -1.21. The van der Waals surface area contributed by atoms with Crippen molar-refractivity contribution >= 4 is 13.9 Å². The van der Waals surface area contributed by atoms with Crippen LogP contribution in [0.2, 0.25) is 0 Å². The second-order valence-electron chi connectivity index (χ2n) is 1.88. The van der Waals surface area contributed by atoms with E-state index in [-0.39, 0.29) is 8.58 Å². The number of hydrogen-bond donors (Lipinski definition) is 2. The predicted octanol–water partition coefficient (Wildman–Crippen LogP) is 0.259. The summed E-state index contributed by atoms with van der Waals surface area (Å²) < 4.78 is 0. The zero-order chi connectivity index (χ0) is 7.40. The summed E-state index contributed by atoms with van der Waals surface area (Å²) in [5, 5.41) is 18.1. The highest BCUT2D eigenvalue weighted by molar-refractivity contribution is 7.47. The third-order valence-electron chi connectivity index (χ3n) is 1.07. The Bertz CT molecular complexity index is 186. The Morgan fingerprint density at radius 3 is 2.20 bits per heavy atom. The largest absolute Gasteiger partial charge is 0.365 e. The van der Waals surface area contributed by atoms with Gasteiger partial charge in [-0.15, -0.1) is 0 Å². The molecule has 2 N–H and O–H groups in total. The summed E-state index contributed by atoms with van der Waals surface area (Å²) in [6, 6.07) is 8.20. The molecule has 0 radical (unpaired) electrons. The molecular weight excluding hydrogens is 147 g/mol. The van der Waals surface area contributed by atoms with Crippen molar-refractivity contribution in [3.63, 3.8) is 0 Å². The number of rotatable bonds is 2. The first-order chi connectivity index (χ1) is 4.79. The molecule has 54 valence electrons. The van der Waals surface area contributed by atoms with Crippen molar-refractivity contribution < 1.29 is 10.2 Å². The molecule has 10 heavy (non-hydrogen) atoms. The van der Waals surface area contributed by atoms with Crippen LogP contribution in [0.5, 0.6) is 0 Å². The molecule has 2 nitrogen and oxygen atoms in total. The fourth-order valence-corrected chi connectivity index (χ4v) is 1.37. The van der Waals surface area contributed by atoms with E-state index >= 15 is 0 Å². The van der Waals surface area contributed by atoms with Crippen LogP contribution in [0.1, 0.15) is 0 Å². The number of aliphatic hydroxyl groups is 2. The van der Waals surface area contributed by atoms with Gasteiger partial charge < -0.3 is 10.2 Å². The normalized spacial score (nSPS) is 11.5. The van der Waals surface area contributed by atoms with Crippen molar-refractivity contribution in [1.29, 1.82) is 0 Å². The quantitative estimate of drug-likeness (QED) is 0.476. The van der Waals surface area contributed by atoms with Crippen molar-refractivity contribution in [3.8, 4) is 0 Å². The number of hydrogen-bond acceptors (Lipinski definition) is 2. The van der Waals surface area contributed by atoms with Gasteiger partial charge in [-0.25, -0.2) is 0 Å². The van der Waals surface area contributed by atoms with Crippen LogP contribution in [-0.4, -0.2) is 16.2 Å². The van der Waals surface area contributed by atoms with E-state index in [1.54, 1.807) is 0 Å². The SMILES string of the molecule is OC(O)Pc1ccccc1. The molecule has 0 saturated carbocycles. The van der Waals surface area contributed by atoms with Gasteiger partial charge in [-0.05, 0) is 13.9 Å². The van der Waals surface area contributed by atoms with Crippen LogP contribution in [0, 0.1) is 0 Å². The summed E-state index contributed by atoms with van der Waals surface area (Å²) in [5.41, 5.74) is 0. The van der Waals surface area contributed by atoms with E-state index < -0.39 is 6.03 Å². The Balaban J connectivity index is 2.59. The van der Waals surface area contributed by atoms with E-state index in [0.29, 0.717) is 0 Å². The van der Waals surface area contributed by atoms with Gasteiger partial charge in [0.25, 0.3) is 0 Å². The fourth-order valence-electron chi connectivity index (χ4n) is 0.683. The molecule has 0 spiro atoms. The lowest BCUT2D eigenvalue weighted by atomic mass is 10.4. The van der Waals surface area contributed by atoms with E-state index in [2.05, 4.69) is 0 Å². The van der Waals surface area contributed by atoms with Crippen LogP contribution in [0.4, 0.5) is 0 Å². The second kappa shape index (κ2) is 3.67. The van der Waals surface area contributed by atoms with E-state index in [0.717, 1.165) is 5.30 Å². The molecule has 1 aromatic carbocycles. The van der Waals surface area contributed by atoms with Crippen LogP contribution >= 0.6 is 8.58 Å². The maximum absolute atomic E-state index is 8.57. The van der Waals surface area contributed by atoms with Crippen molar-refractivity contribution in [2.75, 3.05) is 0 Å². The number of aliphatic hydroxyl groups excluding tert-OH is 1. The van der Waals surface area contributed by atoms with Crippen molar-refractivity contribution in [2.24, 2.45) is 0 Å². The molecule has 0 aliphatic rings. The van der Waals surface area contributed by atoms with E-state index in [4.69, 9.17) is 10.2 Å². The predicted molar refractivity (Wildman–Crippen MR) is 42.6 cm³/mol. The summed E-state index contributed by atoms with van der Waals surface area (Å²) in [5.74, 6) is 0. The lowest BCUT2D eigenvalue weighted by Crippen LogP contribution is -2.02. The fraction of sp³-hybridized carbons (Fsp3) is 0.143. The van der Waals surface area contributed by atoms with Crippen LogP contribution in [0.3, 0.4) is 0 Å². The summed E-state index contributed by atoms with van der Waals surface area (Å²) in [6.45, 7) is 0. The minimum Gasteiger partial charge on any atom is -0.365 e. The molecule has 1 aromatic rings. The first-order valence-electron chi connectivity index (χ1n) is 2.97. The molecule has 3 heteroatoms. The molecule has 1 unspecified atom stereocenters. The summed E-state index contributed by atoms with van der Waals surface area (Å²) in [6.07, 6.45) is 0. The zero-order valence-electron chi connectivity index (χ0n) is 5.36. The van der Waals surface area contributed by atoms with Gasteiger partial charge in [-0.1, -0.05) is 30.3 Å². The second-order valence-corrected chi connectivity index (χ2v) is 3.27. The Hall–Kier alpha value is -0.430. The highest BCUT2D eigenvalue weighted by Gasteiger charge is 1.96.